The van der Waals surface area contributed by atoms with Gasteiger partial charge in [-0.3, -0.25) is 0 Å². The van der Waals surface area contributed by atoms with E-state index in [-0.39, 0.29) is 24.1 Å². The monoisotopic (exact) mass is 550 g/mol. The van der Waals surface area contributed by atoms with Crippen molar-refractivity contribution in [3.63, 3.8) is 0 Å². The van der Waals surface area contributed by atoms with Crippen LogP contribution in [0, 0.1) is 11.8 Å². The van der Waals surface area contributed by atoms with Crippen molar-refractivity contribution in [2.75, 3.05) is 61.7 Å². The van der Waals surface area contributed by atoms with Crippen LogP contribution in [0.2, 0.25) is 0 Å². The fraction of sp³-hybridized carbons (Fsp3) is 0.562. The molecule has 0 aliphatic heterocycles. The summed E-state index contributed by atoms with van der Waals surface area (Å²) in [7, 11) is 8.01. The topological polar surface area (TPSA) is 71.2 Å². The van der Waals surface area contributed by atoms with E-state index in [1.54, 1.807) is 0 Å². The normalized spacial score (nSPS) is 16.9. The van der Waals surface area contributed by atoms with Crippen molar-refractivity contribution in [2.45, 2.75) is 65.5 Å². The van der Waals surface area contributed by atoms with Crippen LogP contribution in [0.25, 0.3) is 0 Å². The molecule has 0 aromatic heterocycles. The Morgan fingerprint density at radius 1 is 0.675 bits per heavy atom. The molecule has 2 atom stereocenters. The van der Waals surface area contributed by atoms with Crippen LogP contribution in [0.4, 0.5) is 32.3 Å². The Hall–Kier alpha value is -3.42. The molecule has 1 aliphatic rings. The molecule has 0 bridgehead atoms. The van der Waals surface area contributed by atoms with Crippen molar-refractivity contribution in [2.24, 2.45) is 11.8 Å². The average molecular weight is 551 g/mol. The quantitative estimate of drug-likeness (QED) is 0.341. The highest BCUT2D eigenvalue weighted by Gasteiger charge is 2.30. The predicted molar refractivity (Wildman–Crippen MR) is 169 cm³/mol. The lowest BCUT2D eigenvalue weighted by atomic mass is 9.80. The molecule has 40 heavy (non-hydrogen) atoms. The van der Waals surface area contributed by atoms with Gasteiger partial charge in [0.25, 0.3) is 0 Å². The van der Waals surface area contributed by atoms with Crippen LogP contribution in [0.5, 0.6) is 0 Å². The zero-order chi connectivity index (χ0) is 29.4. The molecular weight excluding hydrogens is 500 g/mol. The van der Waals surface area contributed by atoms with Crippen molar-refractivity contribution < 1.29 is 9.59 Å². The molecule has 1 saturated carbocycles. The summed E-state index contributed by atoms with van der Waals surface area (Å²) in [5, 5.41) is 6.18. The number of rotatable bonds is 10. The van der Waals surface area contributed by atoms with Crippen LogP contribution in [0.1, 0.15) is 53.4 Å². The highest BCUT2D eigenvalue weighted by Crippen LogP contribution is 2.31. The van der Waals surface area contributed by atoms with E-state index in [9.17, 15) is 9.59 Å². The molecule has 0 saturated heterocycles. The number of nitrogens with one attached hydrogen (secondary N) is 2. The molecule has 8 heteroatoms. The maximum Gasteiger partial charge on any atom is 0.322 e. The number of nitrogens with zero attached hydrogens (tertiary/aromatic N) is 4. The Kier molecular flexibility index (Phi) is 11.1. The summed E-state index contributed by atoms with van der Waals surface area (Å²) >= 11 is 0. The number of hydrogen-bond donors (Lipinski definition) is 2. The average Bonchev–Trinajstić information content (AvgIpc) is 2.90. The summed E-state index contributed by atoms with van der Waals surface area (Å²) in [6.07, 6.45) is 4.35. The highest BCUT2D eigenvalue weighted by molar-refractivity contribution is 5.90. The minimum absolute atomic E-state index is 0.0572. The van der Waals surface area contributed by atoms with Gasteiger partial charge in [0.05, 0.1) is 0 Å². The van der Waals surface area contributed by atoms with Gasteiger partial charge in [0.15, 0.2) is 0 Å². The first kappa shape index (κ1) is 31.1. The number of urea groups is 2. The summed E-state index contributed by atoms with van der Waals surface area (Å²) in [5.74, 6) is 0.831. The summed E-state index contributed by atoms with van der Waals surface area (Å²) in [6.45, 7) is 9.75. The number of amides is 4. The lowest BCUT2D eigenvalue weighted by Gasteiger charge is -2.38. The molecule has 0 heterocycles. The second kappa shape index (κ2) is 14.3. The van der Waals surface area contributed by atoms with Crippen molar-refractivity contribution in [3.8, 4) is 0 Å². The van der Waals surface area contributed by atoms with Gasteiger partial charge < -0.3 is 30.2 Å². The lowest BCUT2D eigenvalue weighted by Crippen LogP contribution is -2.46. The smallest absolute Gasteiger partial charge is 0.322 e. The standard InChI is InChI=1S/C32H50N6O2/c1-23(2)37(31(39)33-27-12-16-29(17-13-27)35(5)6)21-25-10-9-11-26(20-25)22-38(24(3)4)32(40)34-28-14-18-30(19-15-28)36(7)8/h12-19,23-26H,9-11,20-22H2,1-8H3,(H,33,39)(H,34,40)/t25-,26+. The summed E-state index contributed by atoms with van der Waals surface area (Å²) < 4.78 is 0. The third kappa shape index (κ3) is 8.80. The first-order chi connectivity index (χ1) is 18.9. The minimum atomic E-state index is -0.0572. The van der Waals surface area contributed by atoms with E-state index in [2.05, 4.69) is 38.3 Å². The van der Waals surface area contributed by atoms with Crippen LogP contribution >= 0.6 is 0 Å². The highest BCUT2D eigenvalue weighted by atomic mass is 16.2. The third-order valence-corrected chi connectivity index (χ3v) is 7.84. The first-order valence-electron chi connectivity index (χ1n) is 14.6. The van der Waals surface area contributed by atoms with E-state index in [0.29, 0.717) is 11.8 Å². The lowest BCUT2D eigenvalue weighted by molar-refractivity contribution is 0.137. The molecular formula is C32H50N6O2. The SMILES string of the molecule is CC(C)N(C[C@@H]1CCC[C@H](CN(C(=O)Nc2ccc(N(C)C)cc2)C(C)C)C1)C(=O)Nc1ccc(N(C)C)cc1. The number of hydrogen-bond acceptors (Lipinski definition) is 4. The molecule has 4 amide bonds. The largest absolute Gasteiger partial charge is 0.378 e. The van der Waals surface area contributed by atoms with Crippen molar-refractivity contribution in [1.82, 2.24) is 9.80 Å². The second-order valence-electron chi connectivity index (χ2n) is 12.1. The van der Waals surface area contributed by atoms with Crippen LogP contribution < -0.4 is 20.4 Å². The Morgan fingerprint density at radius 2 is 1.02 bits per heavy atom. The van der Waals surface area contributed by atoms with E-state index in [1.165, 1.54) is 0 Å². The second-order valence-corrected chi connectivity index (χ2v) is 12.1. The van der Waals surface area contributed by atoms with Crippen LogP contribution in [0.15, 0.2) is 48.5 Å². The zero-order valence-corrected chi connectivity index (χ0v) is 25.8. The van der Waals surface area contributed by atoms with Gasteiger partial charge in [-0.1, -0.05) is 6.42 Å². The van der Waals surface area contributed by atoms with E-state index in [1.807, 2.05) is 96.3 Å². The fourth-order valence-electron chi connectivity index (χ4n) is 5.42. The molecule has 1 aliphatic carbocycles. The summed E-state index contributed by atoms with van der Waals surface area (Å²) in [4.78, 5) is 34.5. The maximum absolute atomic E-state index is 13.3. The molecule has 0 radical (unpaired) electrons. The van der Waals surface area contributed by atoms with Crippen LogP contribution in [0.3, 0.4) is 0 Å². The number of carbonyl (C=O) groups excluding carboxylic acids is 2. The van der Waals surface area contributed by atoms with E-state index in [0.717, 1.165) is 61.5 Å². The Labute approximate surface area is 241 Å². The minimum Gasteiger partial charge on any atom is -0.378 e. The van der Waals surface area contributed by atoms with Gasteiger partial charge in [-0.05, 0) is 107 Å². The molecule has 2 aromatic rings. The molecule has 3 rings (SSSR count). The van der Waals surface area contributed by atoms with E-state index >= 15 is 0 Å². The molecule has 2 N–H and O–H groups in total. The van der Waals surface area contributed by atoms with Crippen molar-refractivity contribution in [1.29, 1.82) is 0 Å². The summed E-state index contributed by atoms with van der Waals surface area (Å²) in [6, 6.07) is 15.9. The van der Waals surface area contributed by atoms with Gasteiger partial charge in [0.1, 0.15) is 0 Å². The predicted octanol–water partition coefficient (Wildman–Crippen LogP) is 6.81. The van der Waals surface area contributed by atoms with Crippen LogP contribution in [-0.4, -0.2) is 75.2 Å². The van der Waals surface area contributed by atoms with Crippen molar-refractivity contribution in [3.05, 3.63) is 48.5 Å². The Bertz CT molecular complexity index is 996. The first-order valence-corrected chi connectivity index (χ1v) is 14.6. The molecule has 220 valence electrons. The van der Waals surface area contributed by atoms with Gasteiger partial charge in [-0.25, -0.2) is 9.59 Å². The van der Waals surface area contributed by atoms with E-state index in [4.69, 9.17) is 0 Å². The Balaban J connectivity index is 1.59. The number of anilines is 4. The third-order valence-electron chi connectivity index (χ3n) is 7.84. The van der Waals surface area contributed by atoms with E-state index < -0.39 is 0 Å². The number of carbonyl (C=O) groups is 2. The Morgan fingerprint density at radius 3 is 1.32 bits per heavy atom. The van der Waals surface area contributed by atoms with Gasteiger partial charge in [0, 0.05) is 76.1 Å². The fourth-order valence-corrected chi connectivity index (χ4v) is 5.42. The van der Waals surface area contributed by atoms with Crippen molar-refractivity contribution >= 4 is 34.8 Å². The molecule has 0 unspecified atom stereocenters. The molecule has 8 nitrogen and oxygen atoms in total. The maximum atomic E-state index is 13.3. The molecule has 2 aromatic carbocycles. The molecule has 0 spiro atoms. The van der Waals surface area contributed by atoms with Gasteiger partial charge in [-0.15, -0.1) is 0 Å². The number of benzene rings is 2. The summed E-state index contributed by atoms with van der Waals surface area (Å²) in [5.41, 5.74) is 3.80. The zero-order valence-electron chi connectivity index (χ0n) is 25.8. The van der Waals surface area contributed by atoms with Gasteiger partial charge in [0.2, 0.25) is 0 Å². The van der Waals surface area contributed by atoms with Gasteiger partial charge in [-0.2, -0.15) is 0 Å². The van der Waals surface area contributed by atoms with Crippen LogP contribution in [-0.2, 0) is 0 Å². The van der Waals surface area contributed by atoms with Gasteiger partial charge >= 0.3 is 12.1 Å². The molecule has 1 fully saturated rings.